The summed E-state index contributed by atoms with van der Waals surface area (Å²) in [5.74, 6) is -0.717. The molecule has 0 saturated carbocycles. The van der Waals surface area contributed by atoms with Crippen LogP contribution in [0.25, 0.3) is 0 Å². The molecule has 3 aromatic rings. The second-order valence-electron chi connectivity index (χ2n) is 7.83. The van der Waals surface area contributed by atoms with E-state index in [1.165, 1.54) is 16.4 Å². The number of nitrogens with one attached hydrogen (secondary N) is 1. The van der Waals surface area contributed by atoms with Gasteiger partial charge in [-0.2, -0.15) is 4.31 Å². The summed E-state index contributed by atoms with van der Waals surface area (Å²) in [6.07, 6.45) is 1.66. The van der Waals surface area contributed by atoms with E-state index >= 15 is 0 Å². The monoisotopic (exact) mass is 464 g/mol. The molecule has 0 aromatic heterocycles. The van der Waals surface area contributed by atoms with Crippen LogP contribution in [0.4, 0.5) is 5.69 Å². The fourth-order valence-electron chi connectivity index (χ4n) is 3.65. The van der Waals surface area contributed by atoms with Gasteiger partial charge in [0.15, 0.2) is 0 Å². The summed E-state index contributed by atoms with van der Waals surface area (Å²) in [5.41, 5.74) is 1.76. The van der Waals surface area contributed by atoms with Gasteiger partial charge in [-0.1, -0.05) is 30.3 Å². The van der Waals surface area contributed by atoms with Gasteiger partial charge >= 0.3 is 5.97 Å². The highest BCUT2D eigenvalue weighted by Crippen LogP contribution is 2.25. The Balaban J connectivity index is 1.51. The molecule has 7 nitrogen and oxygen atoms in total. The van der Waals surface area contributed by atoms with E-state index in [1.54, 1.807) is 61.5 Å². The molecule has 1 N–H and O–H groups in total. The van der Waals surface area contributed by atoms with Crippen LogP contribution >= 0.6 is 0 Å². The molecule has 0 atom stereocenters. The summed E-state index contributed by atoms with van der Waals surface area (Å²) < 4.78 is 32.7. The molecule has 1 fully saturated rings. The van der Waals surface area contributed by atoms with Gasteiger partial charge in [0.05, 0.1) is 10.5 Å². The molecular weight excluding hydrogens is 440 g/mol. The summed E-state index contributed by atoms with van der Waals surface area (Å²) in [4.78, 5) is 25.3. The van der Waals surface area contributed by atoms with Gasteiger partial charge < -0.3 is 10.1 Å². The number of sulfonamides is 1. The molecule has 1 aliphatic rings. The van der Waals surface area contributed by atoms with Crippen molar-refractivity contribution in [2.75, 3.05) is 18.4 Å². The Bertz CT molecular complexity index is 1280. The summed E-state index contributed by atoms with van der Waals surface area (Å²) in [6.45, 7) is 2.69. The molecule has 0 unspecified atom stereocenters. The van der Waals surface area contributed by atoms with Crippen LogP contribution in [0.2, 0.25) is 0 Å². The molecule has 3 aromatic carbocycles. The van der Waals surface area contributed by atoms with Crippen LogP contribution in [0.1, 0.15) is 39.1 Å². The van der Waals surface area contributed by atoms with Crippen LogP contribution in [0.5, 0.6) is 5.75 Å². The van der Waals surface area contributed by atoms with Crippen molar-refractivity contribution in [1.29, 1.82) is 0 Å². The number of carbonyl (C=O) groups is 2. The Morgan fingerprint density at radius 1 is 0.909 bits per heavy atom. The highest BCUT2D eigenvalue weighted by molar-refractivity contribution is 7.89. The van der Waals surface area contributed by atoms with E-state index in [4.69, 9.17) is 4.74 Å². The maximum Gasteiger partial charge on any atom is 0.343 e. The molecule has 8 heteroatoms. The van der Waals surface area contributed by atoms with Gasteiger partial charge in [-0.15, -0.1) is 0 Å². The zero-order chi connectivity index (χ0) is 23.4. The first-order valence-electron chi connectivity index (χ1n) is 10.6. The van der Waals surface area contributed by atoms with E-state index in [0.29, 0.717) is 29.9 Å². The van der Waals surface area contributed by atoms with Crippen LogP contribution in [0.15, 0.2) is 77.7 Å². The smallest absolute Gasteiger partial charge is 0.343 e. The van der Waals surface area contributed by atoms with E-state index in [-0.39, 0.29) is 22.1 Å². The number of benzene rings is 3. The van der Waals surface area contributed by atoms with Crippen molar-refractivity contribution < 1.29 is 22.7 Å². The Labute approximate surface area is 193 Å². The van der Waals surface area contributed by atoms with Crippen molar-refractivity contribution in [3.8, 4) is 5.75 Å². The molecule has 1 aliphatic heterocycles. The van der Waals surface area contributed by atoms with Crippen molar-refractivity contribution >= 4 is 27.6 Å². The van der Waals surface area contributed by atoms with Gasteiger partial charge in [0, 0.05) is 30.4 Å². The number of aryl methyl sites for hydroxylation is 1. The minimum atomic E-state index is -3.65. The normalized spacial score (nSPS) is 14.1. The Hall–Kier alpha value is -3.49. The molecule has 1 heterocycles. The first-order chi connectivity index (χ1) is 15.8. The van der Waals surface area contributed by atoms with Crippen molar-refractivity contribution in [3.63, 3.8) is 0 Å². The minimum Gasteiger partial charge on any atom is -0.423 e. The molecular formula is C25H24N2O5S. The lowest BCUT2D eigenvalue weighted by Crippen LogP contribution is -2.28. The van der Waals surface area contributed by atoms with E-state index in [2.05, 4.69) is 5.32 Å². The second-order valence-corrected chi connectivity index (χ2v) is 9.76. The summed E-state index contributed by atoms with van der Waals surface area (Å²) in [6, 6.07) is 19.7. The van der Waals surface area contributed by atoms with Gasteiger partial charge in [0.1, 0.15) is 5.75 Å². The molecule has 0 aliphatic carbocycles. The first-order valence-corrected chi connectivity index (χ1v) is 12.1. The highest BCUT2D eigenvalue weighted by Gasteiger charge is 2.28. The van der Waals surface area contributed by atoms with Crippen molar-refractivity contribution in [2.45, 2.75) is 24.7 Å². The van der Waals surface area contributed by atoms with Gasteiger partial charge in [-0.3, -0.25) is 4.79 Å². The van der Waals surface area contributed by atoms with Crippen LogP contribution in [0, 0.1) is 6.92 Å². The lowest BCUT2D eigenvalue weighted by Gasteiger charge is -2.16. The molecule has 170 valence electrons. The Morgan fingerprint density at radius 2 is 1.64 bits per heavy atom. The predicted molar refractivity (Wildman–Crippen MR) is 125 cm³/mol. The maximum absolute atomic E-state index is 12.9. The number of anilines is 1. The molecule has 0 spiro atoms. The topological polar surface area (TPSA) is 92.8 Å². The van der Waals surface area contributed by atoms with Gasteiger partial charge in [-0.25, -0.2) is 13.2 Å². The average molecular weight is 465 g/mol. The zero-order valence-corrected chi connectivity index (χ0v) is 19.0. The third-order valence-electron chi connectivity index (χ3n) is 5.47. The van der Waals surface area contributed by atoms with E-state index in [0.717, 1.165) is 12.8 Å². The number of esters is 1. The largest absolute Gasteiger partial charge is 0.423 e. The zero-order valence-electron chi connectivity index (χ0n) is 18.2. The predicted octanol–water partition coefficient (Wildman–Crippen LogP) is 4.25. The lowest BCUT2D eigenvalue weighted by atomic mass is 10.1. The van der Waals surface area contributed by atoms with E-state index in [9.17, 15) is 18.0 Å². The van der Waals surface area contributed by atoms with Crippen molar-refractivity contribution in [1.82, 2.24) is 4.31 Å². The van der Waals surface area contributed by atoms with E-state index < -0.39 is 16.0 Å². The number of amides is 1. The highest BCUT2D eigenvalue weighted by atomic mass is 32.2. The average Bonchev–Trinajstić information content (AvgIpc) is 3.36. The number of rotatable bonds is 6. The number of hydrogen-bond acceptors (Lipinski definition) is 5. The summed E-state index contributed by atoms with van der Waals surface area (Å²) in [5, 5.41) is 2.77. The number of nitrogens with zero attached hydrogens (tertiary/aromatic N) is 1. The molecule has 4 rings (SSSR count). The maximum atomic E-state index is 12.9. The third-order valence-corrected chi connectivity index (χ3v) is 7.36. The lowest BCUT2D eigenvalue weighted by molar-refractivity contribution is 0.0733. The van der Waals surface area contributed by atoms with E-state index in [1.807, 2.05) is 6.07 Å². The molecule has 0 radical (unpaired) electrons. The summed E-state index contributed by atoms with van der Waals surface area (Å²) >= 11 is 0. The number of ether oxygens (including phenoxy) is 1. The van der Waals surface area contributed by atoms with Crippen molar-refractivity contribution in [3.05, 3.63) is 89.5 Å². The van der Waals surface area contributed by atoms with Gasteiger partial charge in [-0.05, 0) is 61.7 Å². The van der Waals surface area contributed by atoms with Gasteiger partial charge in [0.25, 0.3) is 5.91 Å². The third kappa shape index (κ3) is 5.13. The fourth-order valence-corrected chi connectivity index (χ4v) is 5.20. The Morgan fingerprint density at radius 3 is 2.36 bits per heavy atom. The fraction of sp³-hybridized carbons (Fsp3) is 0.200. The first kappa shape index (κ1) is 22.7. The quantitative estimate of drug-likeness (QED) is 0.435. The second kappa shape index (κ2) is 9.56. The SMILES string of the molecule is Cc1ccc(S(=O)(=O)N2CCCC2)cc1C(=O)Oc1cccc(NC(=O)c2ccccc2)c1. The molecule has 33 heavy (non-hydrogen) atoms. The number of carbonyl (C=O) groups excluding carboxylic acids is 2. The van der Waals surface area contributed by atoms with Crippen LogP contribution in [0.3, 0.4) is 0 Å². The molecule has 0 bridgehead atoms. The van der Waals surface area contributed by atoms with Crippen LogP contribution < -0.4 is 10.1 Å². The molecule has 1 amide bonds. The minimum absolute atomic E-state index is 0.0748. The van der Waals surface area contributed by atoms with Crippen molar-refractivity contribution in [2.24, 2.45) is 0 Å². The summed E-state index contributed by atoms with van der Waals surface area (Å²) in [7, 11) is -3.65. The number of hydrogen-bond donors (Lipinski definition) is 1. The van der Waals surface area contributed by atoms with Gasteiger partial charge in [0.2, 0.25) is 10.0 Å². The Kier molecular flexibility index (Phi) is 6.57. The van der Waals surface area contributed by atoms with Crippen LogP contribution in [-0.2, 0) is 10.0 Å². The van der Waals surface area contributed by atoms with Crippen LogP contribution in [-0.4, -0.2) is 37.7 Å². The standard InChI is InChI=1S/C25H24N2O5S/c1-18-12-13-22(33(30,31)27-14-5-6-15-27)17-23(18)25(29)32-21-11-7-10-20(16-21)26-24(28)19-8-3-2-4-9-19/h2-4,7-13,16-17H,5-6,14-15H2,1H3,(H,26,28). The molecule has 1 saturated heterocycles.